The highest BCUT2D eigenvalue weighted by Crippen LogP contribution is 2.35. The zero-order chi connectivity index (χ0) is 16.2. The molecule has 1 saturated carbocycles. The molecule has 2 heterocycles. The van der Waals surface area contributed by atoms with Gasteiger partial charge in [0.05, 0.1) is 31.4 Å². The summed E-state index contributed by atoms with van der Waals surface area (Å²) in [6.07, 6.45) is 7.73. The summed E-state index contributed by atoms with van der Waals surface area (Å²) < 4.78 is 7.54. The van der Waals surface area contributed by atoms with Crippen molar-refractivity contribution in [2.45, 2.75) is 45.8 Å². The molecule has 0 radical (unpaired) electrons. The largest absolute Gasteiger partial charge is 0.467 e. The van der Waals surface area contributed by atoms with Crippen LogP contribution in [-0.2, 0) is 13.1 Å². The number of rotatable bonds is 7. The molecule has 23 heavy (non-hydrogen) atoms. The number of nitrogens with one attached hydrogen (secondary N) is 1. The molecule has 3 rings (SSSR count). The van der Waals surface area contributed by atoms with Crippen molar-refractivity contribution in [1.82, 2.24) is 19.8 Å². The Bertz CT molecular complexity index is 629. The minimum atomic E-state index is -0.0707. The van der Waals surface area contributed by atoms with Crippen LogP contribution in [0.3, 0.4) is 0 Å². The number of furan rings is 1. The third kappa shape index (κ3) is 4.15. The van der Waals surface area contributed by atoms with E-state index >= 15 is 0 Å². The fraction of sp³-hybridized carbons (Fsp3) is 0.529. The molecule has 2 aromatic heterocycles. The second-order valence-corrected chi connectivity index (χ2v) is 6.54. The SMILES string of the molecule is CC(C)CN(Cc1ccco1)C(=O)NCc1cncn1C1CC1. The van der Waals surface area contributed by atoms with Crippen molar-refractivity contribution in [1.29, 1.82) is 0 Å². The van der Waals surface area contributed by atoms with Gasteiger partial charge in [-0.25, -0.2) is 9.78 Å². The number of nitrogens with zero attached hydrogens (tertiary/aromatic N) is 3. The van der Waals surface area contributed by atoms with E-state index in [1.807, 2.05) is 24.7 Å². The second kappa shape index (κ2) is 6.89. The standard InChI is InChI=1S/C17H24N4O2/c1-13(2)10-20(11-16-4-3-7-23-16)17(22)19-9-15-8-18-12-21(15)14-5-6-14/h3-4,7-8,12-14H,5-6,9-11H2,1-2H3,(H,19,22). The first-order valence-corrected chi connectivity index (χ1v) is 8.19. The maximum Gasteiger partial charge on any atom is 0.318 e. The molecule has 0 spiro atoms. The summed E-state index contributed by atoms with van der Waals surface area (Å²) in [4.78, 5) is 18.5. The summed E-state index contributed by atoms with van der Waals surface area (Å²) in [7, 11) is 0. The van der Waals surface area contributed by atoms with Gasteiger partial charge < -0.3 is 19.2 Å². The Kier molecular flexibility index (Phi) is 4.69. The van der Waals surface area contributed by atoms with Crippen molar-refractivity contribution >= 4 is 6.03 Å². The highest BCUT2D eigenvalue weighted by molar-refractivity contribution is 5.74. The predicted molar refractivity (Wildman–Crippen MR) is 86.7 cm³/mol. The number of carbonyl (C=O) groups is 1. The van der Waals surface area contributed by atoms with Gasteiger partial charge in [-0.05, 0) is 30.9 Å². The Labute approximate surface area is 136 Å². The maximum atomic E-state index is 12.5. The summed E-state index contributed by atoms with van der Waals surface area (Å²) in [6.45, 7) is 5.88. The molecular formula is C17H24N4O2. The fourth-order valence-electron chi connectivity index (χ4n) is 2.68. The van der Waals surface area contributed by atoms with Crippen molar-refractivity contribution < 1.29 is 9.21 Å². The number of hydrogen-bond acceptors (Lipinski definition) is 3. The second-order valence-electron chi connectivity index (χ2n) is 6.54. The molecule has 0 saturated heterocycles. The van der Waals surface area contributed by atoms with Crippen LogP contribution in [0, 0.1) is 5.92 Å². The lowest BCUT2D eigenvalue weighted by Crippen LogP contribution is -2.41. The molecule has 6 nitrogen and oxygen atoms in total. The van der Waals surface area contributed by atoms with Crippen molar-refractivity contribution in [3.05, 3.63) is 42.4 Å². The quantitative estimate of drug-likeness (QED) is 0.853. The van der Waals surface area contributed by atoms with E-state index in [1.165, 1.54) is 12.8 Å². The molecular weight excluding hydrogens is 292 g/mol. The summed E-state index contributed by atoms with van der Waals surface area (Å²) in [5, 5.41) is 3.01. The van der Waals surface area contributed by atoms with Crippen LogP contribution in [0.2, 0.25) is 0 Å². The Morgan fingerprint density at radius 2 is 2.35 bits per heavy atom. The Morgan fingerprint density at radius 1 is 1.52 bits per heavy atom. The minimum absolute atomic E-state index is 0.0707. The van der Waals surface area contributed by atoms with E-state index in [4.69, 9.17) is 4.42 Å². The number of imidazole rings is 1. The van der Waals surface area contributed by atoms with Crippen LogP contribution in [0.25, 0.3) is 0 Å². The maximum absolute atomic E-state index is 12.5. The van der Waals surface area contributed by atoms with E-state index in [0.29, 0.717) is 31.6 Å². The van der Waals surface area contributed by atoms with Gasteiger partial charge in [0.2, 0.25) is 0 Å². The lowest BCUT2D eigenvalue weighted by Gasteiger charge is -2.24. The molecule has 124 valence electrons. The molecule has 0 aliphatic heterocycles. The molecule has 6 heteroatoms. The number of aromatic nitrogens is 2. The molecule has 1 fully saturated rings. The first-order chi connectivity index (χ1) is 11.1. The molecule has 0 aromatic carbocycles. The normalized spacial score (nSPS) is 14.2. The van der Waals surface area contributed by atoms with Crippen LogP contribution in [0.5, 0.6) is 0 Å². The van der Waals surface area contributed by atoms with Gasteiger partial charge in [-0.3, -0.25) is 0 Å². The average Bonchev–Trinajstić information content (AvgIpc) is 3.03. The van der Waals surface area contributed by atoms with Gasteiger partial charge >= 0.3 is 6.03 Å². The van der Waals surface area contributed by atoms with Crippen molar-refractivity contribution in [3.63, 3.8) is 0 Å². The van der Waals surface area contributed by atoms with Crippen molar-refractivity contribution in [2.75, 3.05) is 6.54 Å². The zero-order valence-corrected chi connectivity index (χ0v) is 13.7. The van der Waals surface area contributed by atoms with Crippen LogP contribution in [0.4, 0.5) is 4.79 Å². The summed E-state index contributed by atoms with van der Waals surface area (Å²) >= 11 is 0. The zero-order valence-electron chi connectivity index (χ0n) is 13.7. The lowest BCUT2D eigenvalue weighted by molar-refractivity contribution is 0.182. The number of hydrogen-bond donors (Lipinski definition) is 1. The van der Waals surface area contributed by atoms with E-state index in [0.717, 1.165) is 11.5 Å². The van der Waals surface area contributed by atoms with Gasteiger partial charge in [0.15, 0.2) is 0 Å². The van der Waals surface area contributed by atoms with E-state index < -0.39 is 0 Å². The smallest absolute Gasteiger partial charge is 0.318 e. The molecule has 1 N–H and O–H groups in total. The summed E-state index contributed by atoms with van der Waals surface area (Å²) in [5.74, 6) is 1.19. The van der Waals surface area contributed by atoms with Crippen molar-refractivity contribution in [2.24, 2.45) is 5.92 Å². The Morgan fingerprint density at radius 3 is 3.00 bits per heavy atom. The van der Waals surface area contributed by atoms with E-state index in [9.17, 15) is 4.79 Å². The van der Waals surface area contributed by atoms with Gasteiger partial charge in [-0.15, -0.1) is 0 Å². The van der Waals surface area contributed by atoms with Crippen LogP contribution in [0.1, 0.15) is 44.2 Å². The van der Waals surface area contributed by atoms with Crippen LogP contribution >= 0.6 is 0 Å². The number of urea groups is 1. The minimum Gasteiger partial charge on any atom is -0.467 e. The van der Waals surface area contributed by atoms with Crippen LogP contribution in [0.15, 0.2) is 35.3 Å². The fourth-order valence-corrected chi connectivity index (χ4v) is 2.68. The van der Waals surface area contributed by atoms with Gasteiger partial charge in [-0.1, -0.05) is 13.8 Å². The summed E-state index contributed by atoms with van der Waals surface area (Å²) in [5.41, 5.74) is 1.06. The van der Waals surface area contributed by atoms with E-state index in [1.54, 1.807) is 11.2 Å². The average molecular weight is 316 g/mol. The molecule has 2 amide bonds. The Hall–Kier alpha value is -2.24. The van der Waals surface area contributed by atoms with Crippen molar-refractivity contribution in [3.8, 4) is 0 Å². The molecule has 0 bridgehead atoms. The first-order valence-electron chi connectivity index (χ1n) is 8.19. The monoisotopic (exact) mass is 316 g/mol. The van der Waals surface area contributed by atoms with E-state index in [-0.39, 0.29) is 6.03 Å². The third-order valence-corrected chi connectivity index (χ3v) is 3.91. The molecule has 0 unspecified atom stereocenters. The topological polar surface area (TPSA) is 63.3 Å². The molecule has 1 aliphatic rings. The van der Waals surface area contributed by atoms with Gasteiger partial charge in [0.1, 0.15) is 5.76 Å². The lowest BCUT2D eigenvalue weighted by atomic mass is 10.2. The highest BCUT2D eigenvalue weighted by Gasteiger charge is 2.25. The van der Waals surface area contributed by atoms with Crippen LogP contribution in [-0.4, -0.2) is 27.0 Å². The van der Waals surface area contributed by atoms with Crippen LogP contribution < -0.4 is 5.32 Å². The van der Waals surface area contributed by atoms with Gasteiger partial charge in [-0.2, -0.15) is 0 Å². The third-order valence-electron chi connectivity index (χ3n) is 3.91. The Balaban J connectivity index is 1.59. The first kappa shape index (κ1) is 15.6. The predicted octanol–water partition coefficient (Wildman–Crippen LogP) is 3.18. The molecule has 0 atom stereocenters. The molecule has 1 aliphatic carbocycles. The van der Waals surface area contributed by atoms with Gasteiger partial charge in [0, 0.05) is 18.8 Å². The molecule has 2 aromatic rings. The number of carbonyl (C=O) groups excluding carboxylic acids is 1. The number of amides is 2. The van der Waals surface area contributed by atoms with Gasteiger partial charge in [0.25, 0.3) is 0 Å². The van der Waals surface area contributed by atoms with E-state index in [2.05, 4.69) is 28.7 Å². The highest BCUT2D eigenvalue weighted by atomic mass is 16.3. The summed E-state index contributed by atoms with van der Waals surface area (Å²) in [6, 6.07) is 4.23.